The van der Waals surface area contributed by atoms with Crippen LogP contribution in [0.2, 0.25) is 0 Å². The van der Waals surface area contributed by atoms with Gasteiger partial charge in [-0.2, -0.15) is 0 Å². The fourth-order valence-corrected chi connectivity index (χ4v) is 1.65. The average molecular weight is 228 g/mol. The number of hydrogen-bond acceptors (Lipinski definition) is 4. The smallest absolute Gasteiger partial charge is 0.333 e. The second-order valence-electron chi connectivity index (χ2n) is 4.31. The Labute approximate surface area is 96.6 Å². The predicted molar refractivity (Wildman–Crippen MR) is 59.9 cm³/mol. The first-order chi connectivity index (χ1) is 7.47. The van der Waals surface area contributed by atoms with Crippen molar-refractivity contribution in [3.63, 3.8) is 0 Å². The van der Waals surface area contributed by atoms with E-state index in [0.29, 0.717) is 12.2 Å². The average Bonchev–Trinajstić information content (AvgIpc) is 2.57. The Morgan fingerprint density at radius 3 is 2.88 bits per heavy atom. The molecule has 0 aromatic rings. The highest BCUT2D eigenvalue weighted by Crippen LogP contribution is 2.27. The molecule has 2 atom stereocenters. The first-order valence-corrected chi connectivity index (χ1v) is 5.61. The van der Waals surface area contributed by atoms with E-state index in [1.807, 2.05) is 6.92 Å². The number of carbonyl (C=O) groups excluding carboxylic acids is 1. The van der Waals surface area contributed by atoms with Crippen molar-refractivity contribution in [2.24, 2.45) is 0 Å². The van der Waals surface area contributed by atoms with Crippen LogP contribution in [0.1, 0.15) is 33.6 Å². The standard InChI is InChI=1S/C12H20O4/c1-5-6-12(4)15-8-10(16-12)7-14-11(13)9(2)3/h10H,2,5-8H2,1,3-4H3. The van der Waals surface area contributed by atoms with Crippen molar-refractivity contribution in [3.8, 4) is 0 Å². The molecule has 0 aromatic heterocycles. The van der Waals surface area contributed by atoms with E-state index >= 15 is 0 Å². The molecule has 0 amide bonds. The SMILES string of the molecule is C=C(C)C(=O)OCC1COC(C)(CCC)O1. The van der Waals surface area contributed by atoms with Crippen LogP contribution in [0.15, 0.2) is 12.2 Å². The Kier molecular flexibility index (Phi) is 4.50. The summed E-state index contributed by atoms with van der Waals surface area (Å²) in [4.78, 5) is 11.2. The summed E-state index contributed by atoms with van der Waals surface area (Å²) in [6, 6.07) is 0. The molecule has 0 N–H and O–H groups in total. The van der Waals surface area contributed by atoms with Crippen molar-refractivity contribution in [2.75, 3.05) is 13.2 Å². The highest BCUT2D eigenvalue weighted by molar-refractivity contribution is 5.86. The summed E-state index contributed by atoms with van der Waals surface area (Å²) in [7, 11) is 0. The molecule has 1 saturated heterocycles. The summed E-state index contributed by atoms with van der Waals surface area (Å²) in [6.45, 7) is 9.82. The van der Waals surface area contributed by atoms with Gasteiger partial charge in [0, 0.05) is 12.0 Å². The quantitative estimate of drug-likeness (QED) is 0.533. The largest absolute Gasteiger partial charge is 0.459 e. The summed E-state index contributed by atoms with van der Waals surface area (Å²) in [5, 5.41) is 0. The topological polar surface area (TPSA) is 44.8 Å². The molecule has 92 valence electrons. The molecule has 1 heterocycles. The molecule has 16 heavy (non-hydrogen) atoms. The summed E-state index contributed by atoms with van der Waals surface area (Å²) in [5.41, 5.74) is 0.398. The molecule has 4 heteroatoms. The van der Waals surface area contributed by atoms with Gasteiger partial charge in [0.1, 0.15) is 12.7 Å². The van der Waals surface area contributed by atoms with Crippen LogP contribution in [-0.2, 0) is 19.0 Å². The Morgan fingerprint density at radius 1 is 1.62 bits per heavy atom. The Hall–Kier alpha value is -0.870. The highest BCUT2D eigenvalue weighted by atomic mass is 16.7. The third-order valence-corrected chi connectivity index (χ3v) is 2.44. The Balaban J connectivity index is 2.31. The molecule has 2 unspecified atom stereocenters. The van der Waals surface area contributed by atoms with Crippen LogP contribution in [0.5, 0.6) is 0 Å². The molecule has 1 aliphatic rings. The van der Waals surface area contributed by atoms with Gasteiger partial charge < -0.3 is 14.2 Å². The van der Waals surface area contributed by atoms with Crippen LogP contribution in [0.25, 0.3) is 0 Å². The molecule has 0 saturated carbocycles. The number of ether oxygens (including phenoxy) is 3. The second-order valence-corrected chi connectivity index (χ2v) is 4.31. The van der Waals surface area contributed by atoms with Gasteiger partial charge in [0.25, 0.3) is 0 Å². The minimum atomic E-state index is -0.519. The lowest BCUT2D eigenvalue weighted by Gasteiger charge is -2.22. The van der Waals surface area contributed by atoms with E-state index in [1.165, 1.54) is 0 Å². The minimum absolute atomic E-state index is 0.167. The van der Waals surface area contributed by atoms with Crippen LogP contribution in [-0.4, -0.2) is 31.1 Å². The molecule has 4 nitrogen and oxygen atoms in total. The summed E-state index contributed by atoms with van der Waals surface area (Å²) in [5.74, 6) is -0.901. The van der Waals surface area contributed by atoms with Gasteiger partial charge in [-0.25, -0.2) is 4.79 Å². The maximum absolute atomic E-state index is 11.2. The Bertz CT molecular complexity index is 274. The third kappa shape index (κ3) is 3.61. The van der Waals surface area contributed by atoms with Crippen molar-refractivity contribution in [1.82, 2.24) is 0 Å². The van der Waals surface area contributed by atoms with Crippen molar-refractivity contribution in [2.45, 2.75) is 45.5 Å². The fraction of sp³-hybridized carbons (Fsp3) is 0.750. The zero-order valence-corrected chi connectivity index (χ0v) is 10.2. The Morgan fingerprint density at radius 2 is 2.31 bits per heavy atom. The number of hydrogen-bond donors (Lipinski definition) is 0. The molecule has 1 aliphatic heterocycles. The number of carbonyl (C=O) groups is 1. The highest BCUT2D eigenvalue weighted by Gasteiger charge is 2.36. The summed E-state index contributed by atoms with van der Waals surface area (Å²) in [6.07, 6.45) is 1.67. The van der Waals surface area contributed by atoms with E-state index in [0.717, 1.165) is 12.8 Å². The first-order valence-electron chi connectivity index (χ1n) is 5.61. The van der Waals surface area contributed by atoms with Crippen LogP contribution in [0.4, 0.5) is 0 Å². The van der Waals surface area contributed by atoms with E-state index in [2.05, 4.69) is 13.5 Å². The monoisotopic (exact) mass is 228 g/mol. The van der Waals surface area contributed by atoms with Gasteiger partial charge in [-0.05, 0) is 13.8 Å². The van der Waals surface area contributed by atoms with Gasteiger partial charge in [-0.3, -0.25) is 0 Å². The molecule has 0 aromatic carbocycles. The van der Waals surface area contributed by atoms with E-state index in [9.17, 15) is 4.79 Å². The first kappa shape index (κ1) is 13.2. The van der Waals surface area contributed by atoms with Crippen molar-refractivity contribution in [1.29, 1.82) is 0 Å². The van der Waals surface area contributed by atoms with Gasteiger partial charge in [-0.1, -0.05) is 19.9 Å². The lowest BCUT2D eigenvalue weighted by molar-refractivity contribution is -0.167. The predicted octanol–water partition coefficient (Wildman–Crippen LogP) is 2.04. The molecule has 0 spiro atoms. The van der Waals surface area contributed by atoms with Gasteiger partial charge in [0.05, 0.1) is 6.61 Å². The van der Waals surface area contributed by atoms with Crippen LogP contribution in [0.3, 0.4) is 0 Å². The fourth-order valence-electron chi connectivity index (χ4n) is 1.65. The van der Waals surface area contributed by atoms with Crippen LogP contribution >= 0.6 is 0 Å². The molecule has 0 aliphatic carbocycles. The maximum atomic E-state index is 11.2. The summed E-state index contributed by atoms with van der Waals surface area (Å²) >= 11 is 0. The zero-order chi connectivity index (χ0) is 12.2. The van der Waals surface area contributed by atoms with Crippen molar-refractivity contribution >= 4 is 5.97 Å². The van der Waals surface area contributed by atoms with Crippen LogP contribution in [0, 0.1) is 0 Å². The van der Waals surface area contributed by atoms with E-state index in [1.54, 1.807) is 6.92 Å². The maximum Gasteiger partial charge on any atom is 0.333 e. The van der Waals surface area contributed by atoms with E-state index in [4.69, 9.17) is 14.2 Å². The number of esters is 1. The van der Waals surface area contributed by atoms with Gasteiger partial charge in [0.15, 0.2) is 5.79 Å². The molecule has 1 rings (SSSR count). The molecular formula is C12H20O4. The second kappa shape index (κ2) is 5.46. The third-order valence-electron chi connectivity index (χ3n) is 2.44. The summed E-state index contributed by atoms with van der Waals surface area (Å²) < 4.78 is 16.3. The minimum Gasteiger partial charge on any atom is -0.459 e. The van der Waals surface area contributed by atoms with Gasteiger partial charge >= 0.3 is 5.97 Å². The van der Waals surface area contributed by atoms with E-state index < -0.39 is 5.79 Å². The molecule has 0 radical (unpaired) electrons. The van der Waals surface area contributed by atoms with E-state index in [-0.39, 0.29) is 18.7 Å². The van der Waals surface area contributed by atoms with Crippen LogP contribution < -0.4 is 0 Å². The molecule has 1 fully saturated rings. The van der Waals surface area contributed by atoms with Crippen molar-refractivity contribution in [3.05, 3.63) is 12.2 Å². The zero-order valence-electron chi connectivity index (χ0n) is 10.2. The van der Waals surface area contributed by atoms with Gasteiger partial charge in [-0.15, -0.1) is 0 Å². The lowest BCUT2D eigenvalue weighted by Crippen LogP contribution is -2.28. The van der Waals surface area contributed by atoms with Gasteiger partial charge in [0.2, 0.25) is 0 Å². The molecular weight excluding hydrogens is 208 g/mol. The normalized spacial score (nSPS) is 29.1. The number of rotatable bonds is 5. The lowest BCUT2D eigenvalue weighted by atomic mass is 10.2. The molecule has 0 bridgehead atoms. The van der Waals surface area contributed by atoms with Crippen molar-refractivity contribution < 1.29 is 19.0 Å².